The van der Waals surface area contributed by atoms with Crippen LogP contribution in [0.1, 0.15) is 64.6 Å². The third-order valence-electron chi connectivity index (χ3n) is 3.75. The molecule has 1 heterocycles. The smallest absolute Gasteiger partial charge is 0.0401 e. The van der Waals surface area contributed by atoms with Gasteiger partial charge in [0.05, 0.1) is 0 Å². The zero-order valence-corrected chi connectivity index (χ0v) is 11.2. The van der Waals surface area contributed by atoms with Gasteiger partial charge in [-0.05, 0) is 36.3 Å². The maximum atomic E-state index is 4.52. The Morgan fingerprint density at radius 1 is 1.19 bits per heavy atom. The molecule has 0 radical (unpaired) electrons. The van der Waals surface area contributed by atoms with Gasteiger partial charge < -0.3 is 0 Å². The molecule has 0 aliphatic heterocycles. The van der Waals surface area contributed by atoms with E-state index in [2.05, 4.69) is 51.0 Å². The summed E-state index contributed by atoms with van der Waals surface area (Å²) < 4.78 is 0. The predicted molar refractivity (Wildman–Crippen MR) is 70.8 cm³/mol. The van der Waals surface area contributed by atoms with E-state index in [-0.39, 0.29) is 0 Å². The molecule has 0 aliphatic rings. The van der Waals surface area contributed by atoms with Crippen molar-refractivity contribution in [2.45, 2.75) is 65.2 Å². The van der Waals surface area contributed by atoms with Crippen molar-refractivity contribution in [2.75, 3.05) is 0 Å². The lowest BCUT2D eigenvalue weighted by molar-refractivity contribution is 0.402. The van der Waals surface area contributed by atoms with Gasteiger partial charge in [0.15, 0.2) is 0 Å². The van der Waals surface area contributed by atoms with Crippen LogP contribution >= 0.6 is 0 Å². The van der Waals surface area contributed by atoms with Crippen LogP contribution in [0.25, 0.3) is 0 Å². The Hall–Kier alpha value is -0.850. The summed E-state index contributed by atoms with van der Waals surface area (Å²) >= 11 is 0. The fourth-order valence-electron chi connectivity index (χ4n) is 2.08. The standard InChI is InChI=1S/C15H25N/c1-5-8-11-15(4,7-3)13-9-10-14(6-2)16-12-13/h9-10,12H,5-8,11H2,1-4H3. The molecule has 0 aliphatic carbocycles. The van der Waals surface area contributed by atoms with Gasteiger partial charge >= 0.3 is 0 Å². The topological polar surface area (TPSA) is 12.9 Å². The lowest BCUT2D eigenvalue weighted by Gasteiger charge is -2.28. The molecule has 0 N–H and O–H groups in total. The highest BCUT2D eigenvalue weighted by molar-refractivity contribution is 5.23. The number of hydrogen-bond acceptors (Lipinski definition) is 1. The van der Waals surface area contributed by atoms with Gasteiger partial charge in [0, 0.05) is 11.9 Å². The average Bonchev–Trinajstić information content (AvgIpc) is 2.36. The quantitative estimate of drug-likeness (QED) is 0.686. The number of hydrogen-bond donors (Lipinski definition) is 0. The van der Waals surface area contributed by atoms with Gasteiger partial charge in [-0.25, -0.2) is 0 Å². The zero-order valence-electron chi connectivity index (χ0n) is 11.2. The van der Waals surface area contributed by atoms with Crippen LogP contribution in [0.5, 0.6) is 0 Å². The second-order valence-electron chi connectivity index (χ2n) is 4.91. The molecular weight excluding hydrogens is 194 g/mol. The van der Waals surface area contributed by atoms with Crippen molar-refractivity contribution in [3.63, 3.8) is 0 Å². The zero-order chi connectivity index (χ0) is 12.0. The lowest BCUT2D eigenvalue weighted by atomic mass is 9.77. The first kappa shape index (κ1) is 13.2. The lowest BCUT2D eigenvalue weighted by Crippen LogP contribution is -2.21. The van der Waals surface area contributed by atoms with Crippen molar-refractivity contribution in [3.05, 3.63) is 29.6 Å². The minimum Gasteiger partial charge on any atom is -0.261 e. The van der Waals surface area contributed by atoms with E-state index in [0.717, 1.165) is 6.42 Å². The second kappa shape index (κ2) is 6.03. The van der Waals surface area contributed by atoms with E-state index in [1.807, 2.05) is 0 Å². The molecular formula is C15H25N. The number of aryl methyl sites for hydroxylation is 1. The third kappa shape index (κ3) is 3.07. The third-order valence-corrected chi connectivity index (χ3v) is 3.75. The Morgan fingerprint density at radius 3 is 2.38 bits per heavy atom. The number of aromatic nitrogens is 1. The molecule has 0 bridgehead atoms. The highest BCUT2D eigenvalue weighted by atomic mass is 14.7. The van der Waals surface area contributed by atoms with Crippen molar-refractivity contribution < 1.29 is 0 Å². The summed E-state index contributed by atoms with van der Waals surface area (Å²) in [4.78, 5) is 4.52. The van der Waals surface area contributed by atoms with Crippen molar-refractivity contribution in [3.8, 4) is 0 Å². The Balaban J connectivity index is 2.84. The fourth-order valence-corrected chi connectivity index (χ4v) is 2.08. The second-order valence-corrected chi connectivity index (χ2v) is 4.91. The summed E-state index contributed by atoms with van der Waals surface area (Å²) in [6.07, 6.45) is 8.15. The highest BCUT2D eigenvalue weighted by Gasteiger charge is 2.23. The SMILES string of the molecule is CCCCC(C)(CC)c1ccc(CC)nc1. The molecule has 1 nitrogen and oxygen atoms in total. The van der Waals surface area contributed by atoms with Gasteiger partial charge in [0.2, 0.25) is 0 Å². The molecule has 0 spiro atoms. The average molecular weight is 219 g/mol. The molecule has 1 unspecified atom stereocenters. The molecule has 1 aromatic rings. The maximum Gasteiger partial charge on any atom is 0.0401 e. The van der Waals surface area contributed by atoms with Crippen LogP contribution in [-0.2, 0) is 11.8 Å². The highest BCUT2D eigenvalue weighted by Crippen LogP contribution is 2.32. The van der Waals surface area contributed by atoms with Gasteiger partial charge in [0.1, 0.15) is 0 Å². The molecule has 1 rings (SSSR count). The summed E-state index contributed by atoms with van der Waals surface area (Å²) in [6.45, 7) is 9.06. The molecule has 0 saturated heterocycles. The van der Waals surface area contributed by atoms with Crippen LogP contribution in [0.4, 0.5) is 0 Å². The maximum absolute atomic E-state index is 4.52. The summed E-state index contributed by atoms with van der Waals surface area (Å²) in [7, 11) is 0. The summed E-state index contributed by atoms with van der Waals surface area (Å²) in [5.74, 6) is 0. The first-order valence-electron chi connectivity index (χ1n) is 6.61. The minimum atomic E-state index is 0.315. The van der Waals surface area contributed by atoms with Crippen molar-refractivity contribution in [1.82, 2.24) is 4.98 Å². The predicted octanol–water partition coefficient (Wildman–Crippen LogP) is 4.50. The Bertz CT molecular complexity index is 302. The molecule has 0 saturated carbocycles. The molecule has 0 aromatic carbocycles. The molecule has 1 atom stereocenters. The summed E-state index contributed by atoms with van der Waals surface area (Å²) in [5.41, 5.74) is 2.91. The Kier molecular flexibility index (Phi) is 4.98. The Labute approximate surface area is 100 Å². The van der Waals surface area contributed by atoms with Crippen molar-refractivity contribution in [2.24, 2.45) is 0 Å². The number of nitrogens with zero attached hydrogens (tertiary/aromatic N) is 1. The number of unbranched alkanes of at least 4 members (excludes halogenated alkanes) is 1. The van der Waals surface area contributed by atoms with Gasteiger partial charge in [-0.1, -0.05) is 46.6 Å². The van der Waals surface area contributed by atoms with Crippen LogP contribution < -0.4 is 0 Å². The van der Waals surface area contributed by atoms with E-state index in [1.165, 1.54) is 36.9 Å². The number of pyridine rings is 1. The van der Waals surface area contributed by atoms with Gasteiger partial charge in [-0.3, -0.25) is 4.98 Å². The van der Waals surface area contributed by atoms with E-state index < -0.39 is 0 Å². The van der Waals surface area contributed by atoms with Crippen LogP contribution in [0.2, 0.25) is 0 Å². The van der Waals surface area contributed by atoms with E-state index in [9.17, 15) is 0 Å². The van der Waals surface area contributed by atoms with Crippen LogP contribution in [0, 0.1) is 0 Å². The minimum absolute atomic E-state index is 0.315. The molecule has 0 amide bonds. The van der Waals surface area contributed by atoms with E-state index in [0.29, 0.717) is 5.41 Å². The number of rotatable bonds is 6. The van der Waals surface area contributed by atoms with Gasteiger partial charge in [-0.2, -0.15) is 0 Å². The van der Waals surface area contributed by atoms with Crippen molar-refractivity contribution >= 4 is 0 Å². The molecule has 16 heavy (non-hydrogen) atoms. The molecule has 1 aromatic heterocycles. The summed E-state index contributed by atoms with van der Waals surface area (Å²) in [5, 5.41) is 0. The van der Waals surface area contributed by atoms with Crippen molar-refractivity contribution in [1.29, 1.82) is 0 Å². The van der Waals surface area contributed by atoms with Crippen LogP contribution in [-0.4, -0.2) is 4.98 Å². The Morgan fingerprint density at radius 2 is 1.94 bits per heavy atom. The van der Waals surface area contributed by atoms with Gasteiger partial charge in [0.25, 0.3) is 0 Å². The first-order chi connectivity index (χ1) is 7.66. The van der Waals surface area contributed by atoms with E-state index in [4.69, 9.17) is 0 Å². The van der Waals surface area contributed by atoms with E-state index >= 15 is 0 Å². The fraction of sp³-hybridized carbons (Fsp3) is 0.667. The largest absolute Gasteiger partial charge is 0.261 e. The first-order valence-corrected chi connectivity index (χ1v) is 6.61. The molecule has 1 heteroatoms. The normalized spacial score (nSPS) is 14.8. The molecule has 0 fully saturated rings. The monoisotopic (exact) mass is 219 g/mol. The van der Waals surface area contributed by atoms with Crippen LogP contribution in [0.15, 0.2) is 18.3 Å². The van der Waals surface area contributed by atoms with Gasteiger partial charge in [-0.15, -0.1) is 0 Å². The van der Waals surface area contributed by atoms with Crippen LogP contribution in [0.3, 0.4) is 0 Å². The van der Waals surface area contributed by atoms with E-state index in [1.54, 1.807) is 0 Å². The molecule has 90 valence electrons. The summed E-state index contributed by atoms with van der Waals surface area (Å²) in [6, 6.07) is 4.44.